The Kier molecular flexibility index (Phi) is 5.57. The van der Waals surface area contributed by atoms with Gasteiger partial charge in [0, 0.05) is 40.7 Å². The summed E-state index contributed by atoms with van der Waals surface area (Å²) in [5.41, 5.74) is 1.42. The number of nitrogens with one attached hydrogen (secondary N) is 1. The highest BCUT2D eigenvalue weighted by Gasteiger charge is 2.13. The fourth-order valence-electron chi connectivity index (χ4n) is 2.14. The number of benzene rings is 1. The molecule has 3 aromatic rings. The standard InChI is InChI=1S/C16H13Cl2N5OS/c1-23-15(10-3-2-4-19-8-10)21-22-16(23)25-9-14(24)20-13-6-11(17)5-12(18)7-13/h2-8H,9H2,1H3,(H,20,24). The largest absolute Gasteiger partial charge is 0.325 e. The van der Waals surface area contributed by atoms with Crippen LogP contribution in [0.25, 0.3) is 11.4 Å². The molecule has 0 spiro atoms. The predicted molar refractivity (Wildman–Crippen MR) is 100 cm³/mol. The minimum atomic E-state index is -0.186. The van der Waals surface area contributed by atoms with Gasteiger partial charge in [0.15, 0.2) is 11.0 Å². The summed E-state index contributed by atoms with van der Waals surface area (Å²) in [5.74, 6) is 0.690. The Morgan fingerprint density at radius 1 is 1.24 bits per heavy atom. The molecule has 128 valence electrons. The zero-order valence-corrected chi connectivity index (χ0v) is 15.4. The Morgan fingerprint density at radius 3 is 2.68 bits per heavy atom. The number of carbonyl (C=O) groups is 1. The lowest BCUT2D eigenvalue weighted by Crippen LogP contribution is -2.14. The smallest absolute Gasteiger partial charge is 0.234 e. The lowest BCUT2D eigenvalue weighted by molar-refractivity contribution is -0.113. The number of hydrogen-bond donors (Lipinski definition) is 1. The normalized spacial score (nSPS) is 10.7. The summed E-state index contributed by atoms with van der Waals surface area (Å²) in [7, 11) is 1.85. The third kappa shape index (κ3) is 4.50. The van der Waals surface area contributed by atoms with Crippen molar-refractivity contribution >= 4 is 46.6 Å². The number of rotatable bonds is 5. The number of nitrogens with zero attached hydrogens (tertiary/aromatic N) is 4. The molecule has 0 aliphatic carbocycles. The van der Waals surface area contributed by atoms with Crippen LogP contribution in [0.1, 0.15) is 0 Å². The highest BCUT2D eigenvalue weighted by molar-refractivity contribution is 7.99. The van der Waals surface area contributed by atoms with Crippen LogP contribution in [0.2, 0.25) is 10.0 Å². The van der Waals surface area contributed by atoms with Crippen molar-refractivity contribution in [2.45, 2.75) is 5.16 Å². The lowest BCUT2D eigenvalue weighted by Gasteiger charge is -2.06. The van der Waals surface area contributed by atoms with Gasteiger partial charge in [-0.25, -0.2) is 0 Å². The molecule has 1 N–H and O–H groups in total. The Balaban J connectivity index is 1.64. The number of carbonyl (C=O) groups excluding carboxylic acids is 1. The summed E-state index contributed by atoms with van der Waals surface area (Å²) in [6, 6.07) is 8.62. The van der Waals surface area contributed by atoms with E-state index < -0.39 is 0 Å². The molecule has 2 heterocycles. The van der Waals surface area contributed by atoms with Gasteiger partial charge < -0.3 is 9.88 Å². The molecule has 9 heteroatoms. The van der Waals surface area contributed by atoms with Gasteiger partial charge in [-0.05, 0) is 30.3 Å². The van der Waals surface area contributed by atoms with E-state index in [2.05, 4.69) is 20.5 Å². The number of halogens is 2. The van der Waals surface area contributed by atoms with Crippen LogP contribution in [0.5, 0.6) is 0 Å². The van der Waals surface area contributed by atoms with E-state index in [1.165, 1.54) is 11.8 Å². The lowest BCUT2D eigenvalue weighted by atomic mass is 10.3. The number of hydrogen-bond acceptors (Lipinski definition) is 5. The Bertz CT molecular complexity index is 881. The second kappa shape index (κ2) is 7.86. The molecule has 0 saturated heterocycles. The van der Waals surface area contributed by atoms with Crippen molar-refractivity contribution in [1.29, 1.82) is 0 Å². The maximum absolute atomic E-state index is 12.1. The number of thioether (sulfide) groups is 1. The third-order valence-corrected chi connectivity index (χ3v) is 4.69. The second-order valence-electron chi connectivity index (χ2n) is 5.10. The van der Waals surface area contributed by atoms with E-state index in [-0.39, 0.29) is 11.7 Å². The van der Waals surface area contributed by atoms with E-state index in [1.807, 2.05) is 23.7 Å². The molecule has 0 aliphatic heterocycles. The van der Waals surface area contributed by atoms with E-state index >= 15 is 0 Å². The van der Waals surface area contributed by atoms with Crippen LogP contribution in [0.3, 0.4) is 0 Å². The van der Waals surface area contributed by atoms with Crippen molar-refractivity contribution in [3.05, 3.63) is 52.8 Å². The van der Waals surface area contributed by atoms with E-state index in [0.29, 0.717) is 26.7 Å². The van der Waals surface area contributed by atoms with Gasteiger partial charge >= 0.3 is 0 Å². The molecule has 0 aliphatic rings. The highest BCUT2D eigenvalue weighted by atomic mass is 35.5. The van der Waals surface area contributed by atoms with Gasteiger partial charge in [0.05, 0.1) is 5.75 Å². The first-order valence-electron chi connectivity index (χ1n) is 7.21. The SMILES string of the molecule is Cn1c(SCC(=O)Nc2cc(Cl)cc(Cl)c2)nnc1-c1cccnc1. The number of pyridine rings is 1. The summed E-state index contributed by atoms with van der Waals surface area (Å²) in [6.45, 7) is 0. The summed E-state index contributed by atoms with van der Waals surface area (Å²) >= 11 is 13.1. The quantitative estimate of drug-likeness (QED) is 0.665. The molecule has 0 atom stereocenters. The first-order valence-corrected chi connectivity index (χ1v) is 8.95. The fraction of sp³-hybridized carbons (Fsp3) is 0.125. The Labute approximate surface area is 158 Å². The number of anilines is 1. The summed E-state index contributed by atoms with van der Waals surface area (Å²) in [6.07, 6.45) is 3.41. The summed E-state index contributed by atoms with van der Waals surface area (Å²) < 4.78 is 1.82. The van der Waals surface area contributed by atoms with E-state index in [1.54, 1.807) is 30.6 Å². The average molecular weight is 394 g/mol. The van der Waals surface area contributed by atoms with Crippen molar-refractivity contribution < 1.29 is 4.79 Å². The van der Waals surface area contributed by atoms with Gasteiger partial charge in [-0.15, -0.1) is 10.2 Å². The van der Waals surface area contributed by atoms with Crippen LogP contribution in [-0.4, -0.2) is 31.4 Å². The van der Waals surface area contributed by atoms with Crippen molar-refractivity contribution in [3.63, 3.8) is 0 Å². The zero-order chi connectivity index (χ0) is 17.8. The van der Waals surface area contributed by atoms with Crippen molar-refractivity contribution in [1.82, 2.24) is 19.7 Å². The van der Waals surface area contributed by atoms with Crippen LogP contribution in [0.15, 0.2) is 47.9 Å². The maximum atomic E-state index is 12.1. The van der Waals surface area contributed by atoms with Crippen LogP contribution in [-0.2, 0) is 11.8 Å². The van der Waals surface area contributed by atoms with Gasteiger partial charge in [0.25, 0.3) is 0 Å². The minimum Gasteiger partial charge on any atom is -0.325 e. The topological polar surface area (TPSA) is 72.7 Å². The van der Waals surface area contributed by atoms with Crippen molar-refractivity contribution in [3.8, 4) is 11.4 Å². The second-order valence-corrected chi connectivity index (χ2v) is 6.92. The Hall–Kier alpha value is -2.09. The molecule has 1 aromatic carbocycles. The van der Waals surface area contributed by atoms with Gasteiger partial charge in [0.2, 0.25) is 5.91 Å². The van der Waals surface area contributed by atoms with Crippen molar-refractivity contribution in [2.75, 3.05) is 11.1 Å². The summed E-state index contributed by atoms with van der Waals surface area (Å²) in [4.78, 5) is 16.2. The van der Waals surface area contributed by atoms with Gasteiger partial charge in [0.1, 0.15) is 0 Å². The van der Waals surface area contributed by atoms with E-state index in [9.17, 15) is 4.79 Å². The molecule has 3 rings (SSSR count). The van der Waals surface area contributed by atoms with Gasteiger partial charge in [-0.2, -0.15) is 0 Å². The van der Waals surface area contributed by atoms with Crippen molar-refractivity contribution in [2.24, 2.45) is 7.05 Å². The Morgan fingerprint density at radius 2 is 2.00 bits per heavy atom. The van der Waals surface area contributed by atoms with Gasteiger partial charge in [-0.1, -0.05) is 35.0 Å². The van der Waals surface area contributed by atoms with E-state index in [4.69, 9.17) is 23.2 Å². The monoisotopic (exact) mass is 393 g/mol. The third-order valence-electron chi connectivity index (χ3n) is 3.23. The molecule has 1 amide bonds. The molecule has 0 bridgehead atoms. The van der Waals surface area contributed by atoms with Gasteiger partial charge in [-0.3, -0.25) is 9.78 Å². The first kappa shape index (κ1) is 17.7. The summed E-state index contributed by atoms with van der Waals surface area (Å²) in [5, 5.41) is 12.6. The molecule has 25 heavy (non-hydrogen) atoms. The molecule has 6 nitrogen and oxygen atoms in total. The van der Waals surface area contributed by atoms with Crippen LogP contribution >= 0.6 is 35.0 Å². The number of amides is 1. The van der Waals surface area contributed by atoms with Crippen LogP contribution in [0.4, 0.5) is 5.69 Å². The minimum absolute atomic E-state index is 0.184. The molecule has 2 aromatic heterocycles. The molecular formula is C16H13Cl2N5OS. The fourth-order valence-corrected chi connectivity index (χ4v) is 3.38. The predicted octanol–water partition coefficient (Wildman–Crippen LogP) is 3.91. The first-order chi connectivity index (χ1) is 12.0. The van der Waals surface area contributed by atoms with Crippen LogP contribution in [0, 0.1) is 0 Å². The molecule has 0 fully saturated rings. The molecular weight excluding hydrogens is 381 g/mol. The zero-order valence-electron chi connectivity index (χ0n) is 13.1. The van der Waals surface area contributed by atoms with E-state index in [0.717, 1.165) is 5.56 Å². The molecule has 0 radical (unpaired) electrons. The number of aromatic nitrogens is 4. The maximum Gasteiger partial charge on any atom is 0.234 e. The molecule has 0 unspecified atom stereocenters. The highest BCUT2D eigenvalue weighted by Crippen LogP contribution is 2.24. The molecule has 0 saturated carbocycles. The average Bonchev–Trinajstić information content (AvgIpc) is 2.93. The van der Waals surface area contributed by atoms with Crippen LogP contribution < -0.4 is 5.32 Å².